The summed E-state index contributed by atoms with van der Waals surface area (Å²) in [6.07, 6.45) is 1.57. The highest BCUT2D eigenvalue weighted by atomic mass is 32.2. The van der Waals surface area contributed by atoms with Crippen molar-refractivity contribution in [2.45, 2.75) is 18.9 Å². The van der Waals surface area contributed by atoms with E-state index in [4.69, 9.17) is 5.26 Å². The molecule has 112 valence electrons. The van der Waals surface area contributed by atoms with Crippen LogP contribution in [-0.2, 0) is 10.0 Å². The number of nitriles is 1. The Labute approximate surface area is 131 Å². The van der Waals surface area contributed by atoms with E-state index in [1.54, 1.807) is 25.3 Å². The van der Waals surface area contributed by atoms with Crippen LogP contribution in [0.4, 0.5) is 5.69 Å². The number of sulfonamides is 1. The van der Waals surface area contributed by atoms with E-state index in [1.807, 2.05) is 6.92 Å². The fourth-order valence-electron chi connectivity index (χ4n) is 2.34. The SMILES string of the molecule is Cc1scnc1S(=O)(=O)Nc1ccc(C)c2c(C#N)c[nH]c12. The summed E-state index contributed by atoms with van der Waals surface area (Å²) in [4.78, 5) is 7.50. The Morgan fingerprint density at radius 2 is 2.14 bits per heavy atom. The number of fused-ring (bicyclic) bond motifs is 1. The number of rotatable bonds is 3. The number of anilines is 1. The molecular weight excluding hydrogens is 320 g/mol. The zero-order valence-corrected chi connectivity index (χ0v) is 13.5. The minimum absolute atomic E-state index is 0.0262. The second-order valence-electron chi connectivity index (χ2n) is 4.81. The number of aromatic amines is 1. The molecule has 0 atom stereocenters. The normalized spacial score (nSPS) is 11.5. The van der Waals surface area contributed by atoms with Crippen LogP contribution in [0.5, 0.6) is 0 Å². The van der Waals surface area contributed by atoms with Gasteiger partial charge in [-0.1, -0.05) is 6.07 Å². The maximum atomic E-state index is 12.4. The number of thiazole rings is 1. The molecule has 2 heterocycles. The van der Waals surface area contributed by atoms with Crippen molar-refractivity contribution in [3.8, 4) is 6.07 Å². The Bertz CT molecular complexity index is 1010. The van der Waals surface area contributed by atoms with Gasteiger partial charge in [0.1, 0.15) is 6.07 Å². The van der Waals surface area contributed by atoms with E-state index in [0.717, 1.165) is 10.9 Å². The third-order valence-corrected chi connectivity index (χ3v) is 5.66. The number of benzene rings is 1. The Morgan fingerprint density at radius 1 is 1.36 bits per heavy atom. The first-order valence-corrected chi connectivity index (χ1v) is 8.74. The lowest BCUT2D eigenvalue weighted by molar-refractivity contribution is 0.598. The van der Waals surface area contributed by atoms with Crippen LogP contribution in [0.25, 0.3) is 10.9 Å². The summed E-state index contributed by atoms with van der Waals surface area (Å²) >= 11 is 1.27. The van der Waals surface area contributed by atoms with Crippen LogP contribution in [0.1, 0.15) is 16.0 Å². The minimum Gasteiger partial charge on any atom is -0.358 e. The molecule has 0 aliphatic carbocycles. The molecule has 2 aromatic heterocycles. The highest BCUT2D eigenvalue weighted by Crippen LogP contribution is 2.30. The Hall–Kier alpha value is -2.37. The van der Waals surface area contributed by atoms with Crippen molar-refractivity contribution in [2.75, 3.05) is 4.72 Å². The van der Waals surface area contributed by atoms with Gasteiger partial charge in [0.25, 0.3) is 10.0 Å². The molecule has 0 unspecified atom stereocenters. The van der Waals surface area contributed by atoms with Crippen molar-refractivity contribution in [3.63, 3.8) is 0 Å². The van der Waals surface area contributed by atoms with Gasteiger partial charge in [0.2, 0.25) is 0 Å². The van der Waals surface area contributed by atoms with Crippen molar-refractivity contribution < 1.29 is 8.42 Å². The van der Waals surface area contributed by atoms with Crippen LogP contribution < -0.4 is 4.72 Å². The predicted octanol–water partition coefficient (Wildman–Crippen LogP) is 2.91. The largest absolute Gasteiger partial charge is 0.358 e. The van der Waals surface area contributed by atoms with Gasteiger partial charge in [0, 0.05) is 16.5 Å². The Morgan fingerprint density at radius 3 is 2.77 bits per heavy atom. The molecule has 6 nitrogen and oxygen atoms in total. The van der Waals surface area contributed by atoms with E-state index in [9.17, 15) is 8.42 Å². The van der Waals surface area contributed by atoms with E-state index >= 15 is 0 Å². The number of nitrogens with one attached hydrogen (secondary N) is 2. The molecule has 0 radical (unpaired) electrons. The average Bonchev–Trinajstić information content (AvgIpc) is 3.08. The summed E-state index contributed by atoms with van der Waals surface area (Å²) in [7, 11) is -3.76. The van der Waals surface area contributed by atoms with Crippen molar-refractivity contribution in [1.29, 1.82) is 5.26 Å². The van der Waals surface area contributed by atoms with Gasteiger partial charge >= 0.3 is 0 Å². The smallest absolute Gasteiger partial charge is 0.280 e. The topological polar surface area (TPSA) is 98.6 Å². The van der Waals surface area contributed by atoms with Gasteiger partial charge in [-0.2, -0.15) is 13.7 Å². The molecular formula is C14H12N4O2S2. The fourth-order valence-corrected chi connectivity index (χ4v) is 4.48. The van der Waals surface area contributed by atoms with Crippen LogP contribution >= 0.6 is 11.3 Å². The highest BCUT2D eigenvalue weighted by Gasteiger charge is 2.21. The van der Waals surface area contributed by atoms with Crippen molar-refractivity contribution in [1.82, 2.24) is 9.97 Å². The molecule has 0 spiro atoms. The molecule has 0 amide bonds. The van der Waals surface area contributed by atoms with Gasteiger partial charge in [0.05, 0.1) is 22.3 Å². The predicted molar refractivity (Wildman–Crippen MR) is 85.4 cm³/mol. The molecule has 0 bridgehead atoms. The quantitative estimate of drug-likeness (QED) is 0.770. The first-order chi connectivity index (χ1) is 10.4. The van der Waals surface area contributed by atoms with E-state index in [1.165, 1.54) is 16.8 Å². The molecule has 0 saturated heterocycles. The molecule has 22 heavy (non-hydrogen) atoms. The second kappa shape index (κ2) is 5.12. The maximum Gasteiger partial charge on any atom is 0.280 e. The fraction of sp³-hybridized carbons (Fsp3) is 0.143. The average molecular weight is 332 g/mol. The van der Waals surface area contributed by atoms with Crippen LogP contribution in [0.2, 0.25) is 0 Å². The summed E-state index contributed by atoms with van der Waals surface area (Å²) in [5.41, 5.74) is 3.87. The van der Waals surface area contributed by atoms with Gasteiger partial charge in [0.15, 0.2) is 5.03 Å². The third-order valence-electron chi connectivity index (χ3n) is 3.36. The second-order valence-corrected chi connectivity index (χ2v) is 7.47. The number of hydrogen-bond donors (Lipinski definition) is 2. The molecule has 1 aromatic carbocycles. The summed E-state index contributed by atoms with van der Waals surface area (Å²) in [6, 6.07) is 5.55. The van der Waals surface area contributed by atoms with Crippen LogP contribution in [0.3, 0.4) is 0 Å². The van der Waals surface area contributed by atoms with E-state index < -0.39 is 10.0 Å². The summed E-state index contributed by atoms with van der Waals surface area (Å²) in [5.74, 6) is 0. The zero-order valence-electron chi connectivity index (χ0n) is 11.8. The first kappa shape index (κ1) is 14.6. The first-order valence-electron chi connectivity index (χ1n) is 6.37. The van der Waals surface area contributed by atoms with Crippen LogP contribution in [-0.4, -0.2) is 18.4 Å². The van der Waals surface area contributed by atoms with Crippen molar-refractivity contribution in [2.24, 2.45) is 0 Å². The molecule has 8 heteroatoms. The van der Waals surface area contributed by atoms with Crippen LogP contribution in [0, 0.1) is 25.2 Å². The molecule has 0 aliphatic rings. The number of hydrogen-bond acceptors (Lipinski definition) is 5. The maximum absolute atomic E-state index is 12.4. The number of aromatic nitrogens is 2. The van der Waals surface area contributed by atoms with Gasteiger partial charge < -0.3 is 4.98 Å². The highest BCUT2D eigenvalue weighted by molar-refractivity contribution is 7.92. The number of H-pyrrole nitrogens is 1. The van der Waals surface area contributed by atoms with Crippen molar-refractivity contribution >= 4 is 38.0 Å². The van der Waals surface area contributed by atoms with Crippen LogP contribution in [0.15, 0.2) is 28.9 Å². The van der Waals surface area contributed by atoms with Gasteiger partial charge in [-0.05, 0) is 25.5 Å². The Kier molecular flexibility index (Phi) is 3.39. The molecule has 3 rings (SSSR count). The molecule has 3 aromatic rings. The monoisotopic (exact) mass is 332 g/mol. The molecule has 0 fully saturated rings. The zero-order chi connectivity index (χ0) is 15.9. The lowest BCUT2D eigenvalue weighted by Crippen LogP contribution is -2.14. The van der Waals surface area contributed by atoms with E-state index in [2.05, 4.69) is 20.8 Å². The molecule has 2 N–H and O–H groups in total. The van der Waals surface area contributed by atoms with E-state index in [0.29, 0.717) is 21.6 Å². The summed E-state index contributed by atoms with van der Waals surface area (Å²) < 4.78 is 27.4. The minimum atomic E-state index is -3.76. The molecule has 0 saturated carbocycles. The summed E-state index contributed by atoms with van der Waals surface area (Å²) in [6.45, 7) is 3.58. The van der Waals surface area contributed by atoms with Gasteiger partial charge in [-0.3, -0.25) is 4.72 Å². The standard InChI is InChI=1S/C14H12N4O2S2/c1-8-3-4-11(13-12(8)10(5-15)6-16-13)18-22(19,20)14-9(2)21-7-17-14/h3-4,6-7,16,18H,1-2H3. The lowest BCUT2D eigenvalue weighted by Gasteiger charge is -2.09. The molecule has 0 aliphatic heterocycles. The van der Waals surface area contributed by atoms with Crippen molar-refractivity contribution in [3.05, 3.63) is 39.8 Å². The third kappa shape index (κ3) is 2.24. The Balaban J connectivity index is 2.13. The van der Waals surface area contributed by atoms with E-state index in [-0.39, 0.29) is 5.03 Å². The number of nitrogens with zero attached hydrogens (tertiary/aromatic N) is 2. The van der Waals surface area contributed by atoms with Gasteiger partial charge in [-0.25, -0.2) is 4.98 Å². The number of aryl methyl sites for hydroxylation is 2. The lowest BCUT2D eigenvalue weighted by atomic mass is 10.1. The summed E-state index contributed by atoms with van der Waals surface area (Å²) in [5, 5.41) is 9.89. The van der Waals surface area contributed by atoms with Gasteiger partial charge in [-0.15, -0.1) is 11.3 Å².